The minimum absolute atomic E-state index is 0.0258. The van der Waals surface area contributed by atoms with E-state index in [9.17, 15) is 4.79 Å². The number of pyridine rings is 1. The molecule has 0 saturated heterocycles. The van der Waals surface area contributed by atoms with Crippen LogP contribution in [0.15, 0.2) is 23.1 Å². The average Bonchev–Trinajstić information content (AvgIpc) is 2.90. The average molecular weight is 306 g/mol. The van der Waals surface area contributed by atoms with Gasteiger partial charge in [-0.15, -0.1) is 10.2 Å². The highest BCUT2D eigenvalue weighted by atomic mass is 32.1. The van der Waals surface area contributed by atoms with Crippen LogP contribution in [-0.4, -0.2) is 27.9 Å². The van der Waals surface area contributed by atoms with E-state index in [4.69, 9.17) is 0 Å². The summed E-state index contributed by atoms with van der Waals surface area (Å²) < 4.78 is 1.55. The molecule has 21 heavy (non-hydrogen) atoms. The van der Waals surface area contributed by atoms with Gasteiger partial charge in [-0.1, -0.05) is 25.2 Å². The Bertz CT molecular complexity index is 633. The topological polar surface area (TPSA) is 59.8 Å². The summed E-state index contributed by atoms with van der Waals surface area (Å²) in [6.07, 6.45) is 3.74. The molecule has 0 amide bonds. The van der Waals surface area contributed by atoms with Gasteiger partial charge in [-0.2, -0.15) is 0 Å². The molecule has 0 radical (unpaired) electrons. The first kappa shape index (κ1) is 15.9. The van der Waals surface area contributed by atoms with Gasteiger partial charge < -0.3 is 9.88 Å². The Labute approximate surface area is 129 Å². The van der Waals surface area contributed by atoms with E-state index in [1.54, 1.807) is 35.2 Å². The van der Waals surface area contributed by atoms with Gasteiger partial charge in [0, 0.05) is 31.3 Å². The van der Waals surface area contributed by atoms with Gasteiger partial charge in [0.15, 0.2) is 0 Å². The van der Waals surface area contributed by atoms with Crippen LogP contribution in [-0.2, 0) is 13.5 Å². The van der Waals surface area contributed by atoms with Crippen LogP contribution in [0.25, 0.3) is 10.6 Å². The predicted molar refractivity (Wildman–Crippen MR) is 86.6 cm³/mol. The van der Waals surface area contributed by atoms with Crippen LogP contribution in [0.3, 0.4) is 0 Å². The van der Waals surface area contributed by atoms with Crippen molar-refractivity contribution in [2.45, 2.75) is 26.7 Å². The van der Waals surface area contributed by atoms with E-state index >= 15 is 0 Å². The summed E-state index contributed by atoms with van der Waals surface area (Å²) in [6, 6.07) is 3.50. The van der Waals surface area contributed by atoms with E-state index < -0.39 is 0 Å². The highest BCUT2D eigenvalue weighted by Gasteiger charge is 2.07. The number of hydrogen-bond acceptors (Lipinski definition) is 5. The zero-order valence-corrected chi connectivity index (χ0v) is 13.6. The quantitative estimate of drug-likeness (QED) is 0.796. The standard InChI is InChI=1S/C15H22N4OS/c1-11(2)10-16-7-4-5-13-17-18-15(21-13)12-6-8-19(3)14(20)9-12/h6,8-9,11,16H,4-5,7,10H2,1-3H3. The first-order valence-corrected chi connectivity index (χ1v) is 8.08. The Morgan fingerprint density at radius 1 is 1.38 bits per heavy atom. The molecule has 0 bridgehead atoms. The highest BCUT2D eigenvalue weighted by Crippen LogP contribution is 2.22. The number of nitrogens with one attached hydrogen (secondary N) is 1. The molecule has 1 N–H and O–H groups in total. The van der Waals surface area contributed by atoms with Crippen LogP contribution in [0.1, 0.15) is 25.3 Å². The lowest BCUT2D eigenvalue weighted by atomic mass is 10.2. The fourth-order valence-electron chi connectivity index (χ4n) is 1.91. The first-order valence-electron chi connectivity index (χ1n) is 7.26. The molecule has 2 aromatic heterocycles. The van der Waals surface area contributed by atoms with E-state index in [1.165, 1.54) is 0 Å². The molecule has 6 heteroatoms. The third kappa shape index (κ3) is 4.75. The second kappa shape index (κ2) is 7.47. The van der Waals surface area contributed by atoms with Gasteiger partial charge in [0.1, 0.15) is 10.0 Å². The fourth-order valence-corrected chi connectivity index (χ4v) is 2.79. The fraction of sp³-hybridized carbons (Fsp3) is 0.533. The van der Waals surface area contributed by atoms with Crippen LogP contribution >= 0.6 is 11.3 Å². The van der Waals surface area contributed by atoms with Crippen molar-refractivity contribution in [3.8, 4) is 10.6 Å². The Morgan fingerprint density at radius 3 is 2.90 bits per heavy atom. The maximum atomic E-state index is 11.6. The predicted octanol–water partition coefficient (Wildman–Crippen LogP) is 2.08. The summed E-state index contributed by atoms with van der Waals surface area (Å²) in [4.78, 5) is 11.6. The van der Waals surface area contributed by atoms with Crippen LogP contribution < -0.4 is 10.9 Å². The van der Waals surface area contributed by atoms with Crippen molar-refractivity contribution < 1.29 is 0 Å². The molecule has 0 saturated carbocycles. The van der Waals surface area contributed by atoms with Gasteiger partial charge in [0.25, 0.3) is 5.56 Å². The molecule has 0 aliphatic heterocycles. The monoisotopic (exact) mass is 306 g/mol. The van der Waals surface area contributed by atoms with Crippen molar-refractivity contribution in [1.29, 1.82) is 0 Å². The summed E-state index contributed by atoms with van der Waals surface area (Å²) >= 11 is 1.57. The summed E-state index contributed by atoms with van der Waals surface area (Å²) in [7, 11) is 1.74. The summed E-state index contributed by atoms with van der Waals surface area (Å²) in [5.41, 5.74) is 0.821. The van der Waals surface area contributed by atoms with E-state index in [0.717, 1.165) is 41.5 Å². The zero-order valence-electron chi connectivity index (χ0n) is 12.8. The molecule has 0 fully saturated rings. The summed E-state index contributed by atoms with van der Waals surface area (Å²) in [5.74, 6) is 0.679. The van der Waals surface area contributed by atoms with Gasteiger partial charge in [0.2, 0.25) is 0 Å². The van der Waals surface area contributed by atoms with Crippen molar-refractivity contribution in [2.24, 2.45) is 13.0 Å². The lowest BCUT2D eigenvalue weighted by Gasteiger charge is -2.05. The lowest BCUT2D eigenvalue weighted by molar-refractivity contribution is 0.542. The third-order valence-electron chi connectivity index (χ3n) is 3.11. The molecule has 2 rings (SSSR count). The van der Waals surface area contributed by atoms with Crippen molar-refractivity contribution in [3.05, 3.63) is 33.7 Å². The Hall–Kier alpha value is -1.53. The molecule has 114 valence electrons. The van der Waals surface area contributed by atoms with Gasteiger partial charge >= 0.3 is 0 Å². The molecule has 0 atom stereocenters. The van der Waals surface area contributed by atoms with Crippen molar-refractivity contribution in [2.75, 3.05) is 13.1 Å². The van der Waals surface area contributed by atoms with Crippen molar-refractivity contribution in [1.82, 2.24) is 20.1 Å². The Kier molecular flexibility index (Phi) is 5.64. The number of nitrogens with zero attached hydrogens (tertiary/aromatic N) is 3. The van der Waals surface area contributed by atoms with Crippen LogP contribution in [0.2, 0.25) is 0 Å². The molecular weight excluding hydrogens is 284 g/mol. The van der Waals surface area contributed by atoms with Gasteiger partial charge in [-0.05, 0) is 31.5 Å². The van der Waals surface area contributed by atoms with E-state index in [1.807, 2.05) is 6.07 Å². The smallest absolute Gasteiger partial charge is 0.250 e. The maximum Gasteiger partial charge on any atom is 0.250 e. The SMILES string of the molecule is CC(C)CNCCCc1nnc(-c2ccn(C)c(=O)c2)s1. The summed E-state index contributed by atoms with van der Waals surface area (Å²) in [6.45, 7) is 6.45. The number of aromatic nitrogens is 3. The lowest BCUT2D eigenvalue weighted by Crippen LogP contribution is -2.21. The largest absolute Gasteiger partial charge is 0.319 e. The number of aryl methyl sites for hydroxylation is 2. The molecule has 0 aliphatic carbocycles. The highest BCUT2D eigenvalue weighted by molar-refractivity contribution is 7.14. The van der Waals surface area contributed by atoms with Gasteiger partial charge in [-0.25, -0.2) is 0 Å². The first-order chi connectivity index (χ1) is 10.1. The van der Waals surface area contributed by atoms with Crippen LogP contribution in [0, 0.1) is 5.92 Å². The minimum atomic E-state index is -0.0258. The second-order valence-electron chi connectivity index (χ2n) is 5.57. The molecule has 2 aromatic rings. The van der Waals surface area contributed by atoms with Crippen molar-refractivity contribution >= 4 is 11.3 Å². The van der Waals surface area contributed by atoms with Gasteiger partial charge in [0.05, 0.1) is 0 Å². The Balaban J connectivity index is 1.89. The molecular formula is C15H22N4OS. The third-order valence-corrected chi connectivity index (χ3v) is 4.15. The minimum Gasteiger partial charge on any atom is -0.319 e. The molecule has 0 unspecified atom stereocenters. The number of hydrogen-bond donors (Lipinski definition) is 1. The zero-order chi connectivity index (χ0) is 15.2. The molecule has 5 nitrogen and oxygen atoms in total. The molecule has 0 aliphatic rings. The number of rotatable bonds is 7. The normalized spacial score (nSPS) is 11.2. The van der Waals surface area contributed by atoms with Crippen LogP contribution in [0.5, 0.6) is 0 Å². The Morgan fingerprint density at radius 2 is 2.19 bits per heavy atom. The molecule has 0 spiro atoms. The molecule has 2 heterocycles. The van der Waals surface area contributed by atoms with Crippen LogP contribution in [0.4, 0.5) is 0 Å². The maximum absolute atomic E-state index is 11.6. The molecule has 0 aromatic carbocycles. The van der Waals surface area contributed by atoms with Crippen molar-refractivity contribution in [3.63, 3.8) is 0 Å². The van der Waals surface area contributed by atoms with Gasteiger partial charge in [-0.3, -0.25) is 4.79 Å². The van der Waals surface area contributed by atoms with E-state index in [-0.39, 0.29) is 5.56 Å². The van der Waals surface area contributed by atoms with E-state index in [2.05, 4.69) is 29.4 Å². The van der Waals surface area contributed by atoms with E-state index in [0.29, 0.717) is 5.92 Å². The summed E-state index contributed by atoms with van der Waals surface area (Å²) in [5, 5.41) is 13.7. The second-order valence-corrected chi connectivity index (χ2v) is 6.63.